The number of anilines is 2. The first kappa shape index (κ1) is 17.8. The number of sulfonamides is 1. The zero-order valence-corrected chi connectivity index (χ0v) is 14.6. The Bertz CT molecular complexity index is 847. The van der Waals surface area contributed by atoms with Gasteiger partial charge in [0.1, 0.15) is 5.75 Å². The topological polar surface area (TPSA) is 84.5 Å². The molecule has 0 heterocycles. The highest BCUT2D eigenvalue weighted by atomic mass is 32.2. The van der Waals surface area contributed by atoms with Gasteiger partial charge in [-0.2, -0.15) is 0 Å². The van der Waals surface area contributed by atoms with Gasteiger partial charge in [0.2, 0.25) is 10.0 Å². The molecule has 128 valence electrons. The van der Waals surface area contributed by atoms with Gasteiger partial charge in [-0.1, -0.05) is 6.07 Å². The summed E-state index contributed by atoms with van der Waals surface area (Å²) in [7, 11) is -3.36. The largest absolute Gasteiger partial charge is 0.494 e. The number of carbonyl (C=O) groups excluding carboxylic acids is 1. The van der Waals surface area contributed by atoms with E-state index >= 15 is 0 Å². The predicted octanol–water partition coefficient (Wildman–Crippen LogP) is 3.02. The van der Waals surface area contributed by atoms with Gasteiger partial charge in [0.25, 0.3) is 5.91 Å². The lowest BCUT2D eigenvalue weighted by atomic mass is 10.1. The molecule has 0 spiro atoms. The quantitative estimate of drug-likeness (QED) is 0.840. The van der Waals surface area contributed by atoms with Crippen LogP contribution >= 0.6 is 0 Å². The van der Waals surface area contributed by atoms with E-state index in [2.05, 4.69) is 10.0 Å². The van der Waals surface area contributed by atoms with Crippen LogP contribution in [0.1, 0.15) is 22.8 Å². The normalized spacial score (nSPS) is 11.0. The van der Waals surface area contributed by atoms with Crippen LogP contribution in [0.15, 0.2) is 42.5 Å². The number of nitrogens with one attached hydrogen (secondary N) is 2. The molecule has 24 heavy (non-hydrogen) atoms. The lowest BCUT2D eigenvalue weighted by molar-refractivity contribution is 0.102. The van der Waals surface area contributed by atoms with E-state index in [1.165, 1.54) is 0 Å². The number of carbonyl (C=O) groups is 1. The molecule has 0 aliphatic heterocycles. The first-order valence-electron chi connectivity index (χ1n) is 7.41. The van der Waals surface area contributed by atoms with Crippen LogP contribution in [0.3, 0.4) is 0 Å². The molecule has 0 saturated heterocycles. The fourth-order valence-corrected chi connectivity index (χ4v) is 2.78. The lowest BCUT2D eigenvalue weighted by Gasteiger charge is -2.11. The Morgan fingerprint density at radius 1 is 1.17 bits per heavy atom. The van der Waals surface area contributed by atoms with Crippen LogP contribution in [-0.2, 0) is 10.0 Å². The minimum absolute atomic E-state index is 0.280. The monoisotopic (exact) mass is 348 g/mol. The summed E-state index contributed by atoms with van der Waals surface area (Å²) >= 11 is 0. The van der Waals surface area contributed by atoms with Crippen LogP contribution in [0.2, 0.25) is 0 Å². The molecule has 2 rings (SSSR count). The van der Waals surface area contributed by atoms with Gasteiger partial charge in [-0.3, -0.25) is 9.52 Å². The van der Waals surface area contributed by atoms with Crippen molar-refractivity contribution in [1.82, 2.24) is 0 Å². The van der Waals surface area contributed by atoms with Gasteiger partial charge >= 0.3 is 0 Å². The number of benzene rings is 2. The summed E-state index contributed by atoms with van der Waals surface area (Å²) in [5.74, 6) is 0.400. The highest BCUT2D eigenvalue weighted by Crippen LogP contribution is 2.20. The van der Waals surface area contributed by atoms with Crippen molar-refractivity contribution < 1.29 is 17.9 Å². The van der Waals surface area contributed by atoms with Crippen LogP contribution < -0.4 is 14.8 Å². The fourth-order valence-electron chi connectivity index (χ4n) is 2.15. The minimum Gasteiger partial charge on any atom is -0.494 e. The summed E-state index contributed by atoms with van der Waals surface area (Å²) < 4.78 is 30.4. The molecule has 0 fully saturated rings. The number of amides is 1. The van der Waals surface area contributed by atoms with E-state index in [1.807, 2.05) is 13.0 Å². The average molecular weight is 348 g/mol. The van der Waals surface area contributed by atoms with Gasteiger partial charge in [-0.05, 0) is 49.7 Å². The van der Waals surface area contributed by atoms with Crippen molar-refractivity contribution in [3.63, 3.8) is 0 Å². The summed E-state index contributed by atoms with van der Waals surface area (Å²) in [6.07, 6.45) is 1.08. The average Bonchev–Trinajstić information content (AvgIpc) is 2.48. The van der Waals surface area contributed by atoms with E-state index < -0.39 is 10.0 Å². The van der Waals surface area contributed by atoms with Gasteiger partial charge in [0, 0.05) is 17.3 Å². The maximum Gasteiger partial charge on any atom is 0.255 e. The van der Waals surface area contributed by atoms with Gasteiger partial charge in [0.15, 0.2) is 0 Å². The van der Waals surface area contributed by atoms with Crippen molar-refractivity contribution in [2.24, 2.45) is 0 Å². The van der Waals surface area contributed by atoms with E-state index in [-0.39, 0.29) is 5.91 Å². The molecule has 0 radical (unpaired) electrons. The van der Waals surface area contributed by atoms with Crippen LogP contribution in [-0.4, -0.2) is 27.2 Å². The summed E-state index contributed by atoms with van der Waals surface area (Å²) in [5.41, 5.74) is 2.18. The number of hydrogen-bond donors (Lipinski definition) is 2. The van der Waals surface area contributed by atoms with Crippen LogP contribution in [0.25, 0.3) is 0 Å². The third-order valence-electron chi connectivity index (χ3n) is 3.19. The molecule has 0 aliphatic carbocycles. The second-order valence-electron chi connectivity index (χ2n) is 5.32. The first-order chi connectivity index (χ1) is 11.3. The van der Waals surface area contributed by atoms with Crippen molar-refractivity contribution in [2.75, 3.05) is 22.9 Å². The number of rotatable bonds is 6. The molecule has 7 heteroatoms. The highest BCUT2D eigenvalue weighted by Gasteiger charge is 2.10. The maximum atomic E-state index is 12.3. The maximum absolute atomic E-state index is 12.3. The minimum atomic E-state index is -3.36. The van der Waals surface area contributed by atoms with Crippen LogP contribution in [0.5, 0.6) is 5.75 Å². The van der Waals surface area contributed by atoms with Crippen LogP contribution in [0.4, 0.5) is 11.4 Å². The fraction of sp³-hybridized carbons (Fsp3) is 0.235. The van der Waals surface area contributed by atoms with Crippen molar-refractivity contribution in [2.45, 2.75) is 13.8 Å². The molecule has 2 aromatic rings. The molecule has 2 aromatic carbocycles. The third kappa shape index (κ3) is 4.99. The van der Waals surface area contributed by atoms with E-state index in [4.69, 9.17) is 4.74 Å². The number of ether oxygens (including phenoxy) is 1. The molecule has 0 saturated carbocycles. The molecule has 0 bridgehead atoms. The smallest absolute Gasteiger partial charge is 0.255 e. The zero-order valence-electron chi connectivity index (χ0n) is 13.8. The summed E-state index contributed by atoms with van der Waals surface area (Å²) in [6.45, 7) is 4.17. The summed E-state index contributed by atoms with van der Waals surface area (Å²) in [6, 6.07) is 11.9. The van der Waals surface area contributed by atoms with E-state index in [0.29, 0.717) is 34.9 Å². The Morgan fingerprint density at radius 3 is 2.54 bits per heavy atom. The van der Waals surface area contributed by atoms with Crippen molar-refractivity contribution >= 4 is 27.3 Å². The second-order valence-corrected chi connectivity index (χ2v) is 7.07. The number of aryl methyl sites for hydroxylation is 1. The molecule has 6 nitrogen and oxygen atoms in total. The molecular formula is C17H20N2O4S. The highest BCUT2D eigenvalue weighted by molar-refractivity contribution is 7.92. The van der Waals surface area contributed by atoms with E-state index in [1.54, 1.807) is 43.3 Å². The van der Waals surface area contributed by atoms with Crippen molar-refractivity contribution in [1.29, 1.82) is 0 Å². The SMILES string of the molecule is CCOc1cccc(NC(=O)c2ccc(NS(C)(=O)=O)c(C)c2)c1. The standard InChI is InChI=1S/C17H20N2O4S/c1-4-23-15-7-5-6-14(11-15)18-17(20)13-8-9-16(12(2)10-13)19-24(3,21)22/h5-11,19H,4H2,1-3H3,(H,18,20). The lowest BCUT2D eigenvalue weighted by Crippen LogP contribution is -2.14. The Balaban J connectivity index is 2.15. The molecule has 0 aliphatic rings. The molecule has 0 aromatic heterocycles. The Labute approximate surface area is 141 Å². The van der Waals surface area contributed by atoms with Gasteiger partial charge in [-0.25, -0.2) is 8.42 Å². The first-order valence-corrected chi connectivity index (χ1v) is 9.30. The summed E-state index contributed by atoms with van der Waals surface area (Å²) in [5, 5.41) is 2.79. The van der Waals surface area contributed by atoms with Gasteiger partial charge in [0.05, 0.1) is 18.6 Å². The van der Waals surface area contributed by atoms with Crippen molar-refractivity contribution in [3.05, 3.63) is 53.6 Å². The van der Waals surface area contributed by atoms with E-state index in [9.17, 15) is 13.2 Å². The second kappa shape index (κ2) is 7.35. The number of hydrogen-bond acceptors (Lipinski definition) is 4. The molecule has 0 atom stereocenters. The van der Waals surface area contributed by atoms with Crippen molar-refractivity contribution in [3.8, 4) is 5.75 Å². The molecular weight excluding hydrogens is 328 g/mol. The van der Waals surface area contributed by atoms with E-state index in [0.717, 1.165) is 6.26 Å². The molecule has 2 N–H and O–H groups in total. The molecule has 1 amide bonds. The predicted molar refractivity (Wildman–Crippen MR) is 95.2 cm³/mol. The zero-order chi connectivity index (χ0) is 17.7. The van der Waals surface area contributed by atoms with Gasteiger partial charge < -0.3 is 10.1 Å². The summed E-state index contributed by atoms with van der Waals surface area (Å²) in [4.78, 5) is 12.3. The van der Waals surface area contributed by atoms with Gasteiger partial charge in [-0.15, -0.1) is 0 Å². The Hall–Kier alpha value is -2.54. The van der Waals surface area contributed by atoms with Crippen LogP contribution in [0, 0.1) is 6.92 Å². The Kier molecular flexibility index (Phi) is 5.46. The Morgan fingerprint density at radius 2 is 1.92 bits per heavy atom. The molecule has 0 unspecified atom stereocenters. The third-order valence-corrected chi connectivity index (χ3v) is 3.78.